The number of nitrogens with one attached hydrogen (secondary N) is 1. The molecular formula is C18H28N2O3. The Hall–Kier alpha value is -1.75. The third-order valence-corrected chi connectivity index (χ3v) is 4.39. The van der Waals surface area contributed by atoms with Gasteiger partial charge in [-0.1, -0.05) is 12.1 Å². The molecule has 1 aliphatic heterocycles. The van der Waals surface area contributed by atoms with E-state index in [0.29, 0.717) is 12.3 Å². The zero-order chi connectivity index (χ0) is 17.3. The molecule has 23 heavy (non-hydrogen) atoms. The number of amides is 1. The van der Waals surface area contributed by atoms with Crippen molar-refractivity contribution in [3.8, 4) is 11.5 Å². The maximum absolute atomic E-state index is 12.6. The lowest BCUT2D eigenvalue weighted by Gasteiger charge is -2.50. The molecule has 1 N–H and O–H groups in total. The molecule has 2 rings (SSSR count). The Bertz CT molecular complexity index is 580. The molecule has 1 unspecified atom stereocenters. The van der Waals surface area contributed by atoms with Crippen LogP contribution in [0.3, 0.4) is 0 Å². The molecule has 5 nitrogen and oxygen atoms in total. The summed E-state index contributed by atoms with van der Waals surface area (Å²) in [4.78, 5) is 14.8. The Labute approximate surface area is 139 Å². The predicted octanol–water partition coefficient (Wildman–Crippen LogP) is 2.58. The van der Waals surface area contributed by atoms with E-state index in [4.69, 9.17) is 9.47 Å². The topological polar surface area (TPSA) is 50.8 Å². The molecule has 1 aromatic carbocycles. The summed E-state index contributed by atoms with van der Waals surface area (Å²) >= 11 is 0. The SMILES string of the molecule is COc1cccc(CN2CCC2(C)C(=O)NC(C)(C)C)c1OC. The van der Waals surface area contributed by atoms with Crippen LogP contribution in [0.5, 0.6) is 11.5 Å². The van der Waals surface area contributed by atoms with E-state index in [-0.39, 0.29) is 11.4 Å². The summed E-state index contributed by atoms with van der Waals surface area (Å²) < 4.78 is 10.8. The molecule has 1 heterocycles. The van der Waals surface area contributed by atoms with Crippen molar-refractivity contribution in [2.24, 2.45) is 0 Å². The summed E-state index contributed by atoms with van der Waals surface area (Å²) in [5.74, 6) is 1.53. The van der Waals surface area contributed by atoms with E-state index in [1.807, 2.05) is 45.9 Å². The van der Waals surface area contributed by atoms with Crippen LogP contribution >= 0.6 is 0 Å². The van der Waals surface area contributed by atoms with E-state index >= 15 is 0 Å². The molecule has 1 aromatic rings. The monoisotopic (exact) mass is 320 g/mol. The molecule has 1 aliphatic rings. The van der Waals surface area contributed by atoms with Crippen molar-refractivity contribution in [2.75, 3.05) is 20.8 Å². The molecule has 0 spiro atoms. The molecule has 0 saturated carbocycles. The second-order valence-corrected chi connectivity index (χ2v) is 7.30. The Morgan fingerprint density at radius 3 is 2.48 bits per heavy atom. The second-order valence-electron chi connectivity index (χ2n) is 7.30. The Kier molecular flexibility index (Phi) is 4.90. The highest BCUT2D eigenvalue weighted by atomic mass is 16.5. The highest BCUT2D eigenvalue weighted by Gasteiger charge is 2.47. The first-order valence-corrected chi connectivity index (χ1v) is 7.99. The number of carbonyl (C=O) groups excluding carboxylic acids is 1. The fourth-order valence-electron chi connectivity index (χ4n) is 2.88. The first-order chi connectivity index (χ1) is 10.7. The number of benzene rings is 1. The van der Waals surface area contributed by atoms with Crippen LogP contribution in [0.2, 0.25) is 0 Å². The smallest absolute Gasteiger partial charge is 0.240 e. The first-order valence-electron chi connectivity index (χ1n) is 7.99. The molecule has 1 atom stereocenters. The van der Waals surface area contributed by atoms with Crippen LogP contribution < -0.4 is 14.8 Å². The predicted molar refractivity (Wildman–Crippen MR) is 90.9 cm³/mol. The summed E-state index contributed by atoms with van der Waals surface area (Å²) in [6, 6.07) is 5.84. The van der Waals surface area contributed by atoms with Crippen molar-refractivity contribution >= 4 is 5.91 Å². The summed E-state index contributed by atoms with van der Waals surface area (Å²) in [6.45, 7) is 9.57. The Morgan fingerprint density at radius 2 is 2.00 bits per heavy atom. The number of carbonyl (C=O) groups is 1. The number of methoxy groups -OCH3 is 2. The van der Waals surface area contributed by atoms with Crippen molar-refractivity contribution in [3.63, 3.8) is 0 Å². The summed E-state index contributed by atoms with van der Waals surface area (Å²) in [7, 11) is 3.27. The zero-order valence-corrected chi connectivity index (χ0v) is 15.0. The lowest BCUT2D eigenvalue weighted by atomic mass is 9.84. The molecule has 0 bridgehead atoms. The molecule has 1 amide bonds. The van der Waals surface area contributed by atoms with E-state index < -0.39 is 5.54 Å². The van der Waals surface area contributed by atoms with Crippen molar-refractivity contribution in [3.05, 3.63) is 23.8 Å². The number of ether oxygens (including phenoxy) is 2. The van der Waals surface area contributed by atoms with Crippen molar-refractivity contribution in [1.82, 2.24) is 10.2 Å². The second kappa shape index (κ2) is 6.40. The Balaban J connectivity index is 2.17. The van der Waals surface area contributed by atoms with Gasteiger partial charge in [-0.15, -0.1) is 0 Å². The van der Waals surface area contributed by atoms with Gasteiger partial charge in [0.2, 0.25) is 5.91 Å². The van der Waals surface area contributed by atoms with Gasteiger partial charge in [-0.2, -0.15) is 0 Å². The molecule has 128 valence electrons. The lowest BCUT2D eigenvalue weighted by molar-refractivity contribution is -0.143. The van der Waals surface area contributed by atoms with Gasteiger partial charge in [-0.3, -0.25) is 9.69 Å². The van der Waals surface area contributed by atoms with Gasteiger partial charge in [0.1, 0.15) is 0 Å². The van der Waals surface area contributed by atoms with Crippen LogP contribution in [0, 0.1) is 0 Å². The van der Waals surface area contributed by atoms with Gasteiger partial charge in [-0.25, -0.2) is 0 Å². The molecule has 0 aliphatic carbocycles. The van der Waals surface area contributed by atoms with E-state index in [2.05, 4.69) is 10.2 Å². The van der Waals surface area contributed by atoms with Crippen LogP contribution in [-0.4, -0.2) is 42.6 Å². The molecular weight excluding hydrogens is 292 g/mol. The van der Waals surface area contributed by atoms with Crippen LogP contribution in [-0.2, 0) is 11.3 Å². The Morgan fingerprint density at radius 1 is 1.30 bits per heavy atom. The van der Waals surface area contributed by atoms with Gasteiger partial charge in [0.25, 0.3) is 0 Å². The minimum Gasteiger partial charge on any atom is -0.493 e. The largest absolute Gasteiger partial charge is 0.493 e. The zero-order valence-electron chi connectivity index (χ0n) is 15.0. The van der Waals surface area contributed by atoms with E-state index in [0.717, 1.165) is 24.3 Å². The lowest BCUT2D eigenvalue weighted by Crippen LogP contribution is -2.67. The van der Waals surface area contributed by atoms with Gasteiger partial charge in [0.15, 0.2) is 11.5 Å². The van der Waals surface area contributed by atoms with Crippen molar-refractivity contribution < 1.29 is 14.3 Å². The summed E-state index contributed by atoms with van der Waals surface area (Å²) in [5, 5.41) is 3.09. The summed E-state index contributed by atoms with van der Waals surface area (Å²) in [5.41, 5.74) is 0.331. The van der Waals surface area contributed by atoms with Gasteiger partial charge >= 0.3 is 0 Å². The number of para-hydroxylation sites is 1. The molecule has 1 saturated heterocycles. The molecule has 5 heteroatoms. The molecule has 0 radical (unpaired) electrons. The molecule has 0 aromatic heterocycles. The third kappa shape index (κ3) is 3.61. The number of nitrogens with zero attached hydrogens (tertiary/aromatic N) is 1. The maximum atomic E-state index is 12.6. The van der Waals surface area contributed by atoms with Crippen LogP contribution in [0.4, 0.5) is 0 Å². The van der Waals surface area contributed by atoms with Gasteiger partial charge in [0, 0.05) is 24.2 Å². The minimum atomic E-state index is -0.471. The van der Waals surface area contributed by atoms with Crippen LogP contribution in [0.15, 0.2) is 18.2 Å². The highest BCUT2D eigenvalue weighted by Crippen LogP contribution is 2.37. The van der Waals surface area contributed by atoms with Crippen LogP contribution in [0.1, 0.15) is 39.7 Å². The van der Waals surface area contributed by atoms with Crippen molar-refractivity contribution in [1.29, 1.82) is 0 Å². The fourth-order valence-corrected chi connectivity index (χ4v) is 2.88. The van der Waals surface area contributed by atoms with E-state index in [9.17, 15) is 4.79 Å². The average molecular weight is 320 g/mol. The average Bonchev–Trinajstić information content (AvgIpc) is 2.48. The van der Waals surface area contributed by atoms with Gasteiger partial charge in [-0.05, 0) is 40.2 Å². The minimum absolute atomic E-state index is 0.0816. The van der Waals surface area contributed by atoms with E-state index in [1.165, 1.54) is 0 Å². The number of hydrogen-bond acceptors (Lipinski definition) is 4. The summed E-state index contributed by atoms with van der Waals surface area (Å²) in [6.07, 6.45) is 0.862. The standard InChI is InChI=1S/C18H28N2O3/c1-17(2,3)19-16(21)18(4)10-11-20(18)12-13-8-7-9-14(22-5)15(13)23-6/h7-9H,10-12H2,1-6H3,(H,19,21). The number of likely N-dealkylation sites (tertiary alicyclic amines) is 1. The normalized spacial score (nSPS) is 21.5. The molecule has 1 fully saturated rings. The van der Waals surface area contributed by atoms with Crippen molar-refractivity contribution in [2.45, 2.75) is 51.7 Å². The highest BCUT2D eigenvalue weighted by molar-refractivity contribution is 5.87. The maximum Gasteiger partial charge on any atom is 0.240 e. The quantitative estimate of drug-likeness (QED) is 0.906. The number of rotatable bonds is 5. The first kappa shape index (κ1) is 17.6. The van der Waals surface area contributed by atoms with Crippen LogP contribution in [0.25, 0.3) is 0 Å². The van der Waals surface area contributed by atoms with E-state index in [1.54, 1.807) is 14.2 Å². The number of hydrogen-bond donors (Lipinski definition) is 1. The third-order valence-electron chi connectivity index (χ3n) is 4.39. The van der Waals surface area contributed by atoms with Gasteiger partial charge in [0.05, 0.1) is 19.8 Å². The van der Waals surface area contributed by atoms with Gasteiger partial charge < -0.3 is 14.8 Å². The fraction of sp³-hybridized carbons (Fsp3) is 0.611.